The lowest BCUT2D eigenvalue weighted by Crippen LogP contribution is -2.44. The zero-order valence-corrected chi connectivity index (χ0v) is 12.3. The van der Waals surface area contributed by atoms with Gasteiger partial charge in [-0.05, 0) is 18.3 Å². The highest BCUT2D eigenvalue weighted by atomic mass is 16.4. The molecule has 1 N–H and O–H groups in total. The lowest BCUT2D eigenvalue weighted by Gasteiger charge is -2.38. The van der Waals surface area contributed by atoms with Crippen LogP contribution in [-0.4, -0.2) is 34.3 Å². The number of carbonyl (C=O) groups excluding carboxylic acids is 2. The fourth-order valence-electron chi connectivity index (χ4n) is 3.54. The van der Waals surface area contributed by atoms with E-state index in [0.29, 0.717) is 0 Å². The van der Waals surface area contributed by atoms with E-state index < -0.39 is 16.8 Å². The summed E-state index contributed by atoms with van der Waals surface area (Å²) in [6.45, 7) is 3.83. The molecule has 1 aliphatic heterocycles. The van der Waals surface area contributed by atoms with E-state index in [2.05, 4.69) is 0 Å². The van der Waals surface area contributed by atoms with Crippen LogP contribution in [0.25, 0.3) is 0 Å². The SMILES string of the molecule is CC1(C)CC(=O)N(CC2(CC(=O)O)CCCCC2)C1=O. The number of carboxylic acid groups (broad SMARTS) is 1. The standard InChI is InChI=1S/C15H23NO4/c1-14(2)8-11(17)16(13(14)20)10-15(9-12(18)19)6-4-3-5-7-15/h3-10H2,1-2H3,(H,18,19). The normalized spacial score (nSPS) is 25.0. The molecule has 1 saturated carbocycles. The van der Waals surface area contributed by atoms with Gasteiger partial charge < -0.3 is 5.11 Å². The summed E-state index contributed by atoms with van der Waals surface area (Å²) in [6.07, 6.45) is 4.92. The molecule has 0 aromatic carbocycles. The van der Waals surface area contributed by atoms with Crippen LogP contribution in [0.5, 0.6) is 0 Å². The minimum absolute atomic E-state index is 0.0461. The Morgan fingerprint density at radius 2 is 1.80 bits per heavy atom. The molecule has 2 aliphatic rings. The molecule has 2 fully saturated rings. The highest BCUT2D eigenvalue weighted by molar-refractivity contribution is 6.05. The average molecular weight is 281 g/mol. The Balaban J connectivity index is 2.18. The van der Waals surface area contributed by atoms with Crippen LogP contribution in [0.4, 0.5) is 0 Å². The van der Waals surface area contributed by atoms with Crippen LogP contribution in [0, 0.1) is 10.8 Å². The number of aliphatic carboxylic acids is 1. The zero-order chi connectivity index (χ0) is 15.0. The smallest absolute Gasteiger partial charge is 0.303 e. The molecule has 20 heavy (non-hydrogen) atoms. The lowest BCUT2D eigenvalue weighted by molar-refractivity contribution is -0.147. The summed E-state index contributed by atoms with van der Waals surface area (Å²) in [5, 5.41) is 9.15. The highest BCUT2D eigenvalue weighted by Gasteiger charge is 2.48. The Morgan fingerprint density at radius 1 is 1.20 bits per heavy atom. The van der Waals surface area contributed by atoms with Crippen LogP contribution in [0.3, 0.4) is 0 Å². The molecule has 0 radical (unpaired) electrons. The summed E-state index contributed by atoms with van der Waals surface area (Å²) >= 11 is 0. The number of rotatable bonds is 4. The molecular weight excluding hydrogens is 258 g/mol. The van der Waals surface area contributed by atoms with Gasteiger partial charge in [0.2, 0.25) is 11.8 Å². The third kappa shape index (κ3) is 2.86. The number of nitrogens with zero attached hydrogens (tertiary/aromatic N) is 1. The molecular formula is C15H23NO4. The molecule has 2 rings (SSSR count). The van der Waals surface area contributed by atoms with Crippen molar-refractivity contribution in [2.75, 3.05) is 6.54 Å². The van der Waals surface area contributed by atoms with Crippen molar-refractivity contribution in [3.8, 4) is 0 Å². The van der Waals surface area contributed by atoms with Gasteiger partial charge in [0.15, 0.2) is 0 Å². The molecule has 0 aromatic heterocycles. The summed E-state index contributed by atoms with van der Waals surface area (Å²) in [5.74, 6) is -1.15. The fourth-order valence-corrected chi connectivity index (χ4v) is 3.54. The minimum Gasteiger partial charge on any atom is -0.481 e. The second-order valence-electron chi connectivity index (χ2n) is 6.98. The minimum atomic E-state index is -0.842. The summed E-state index contributed by atoms with van der Waals surface area (Å²) in [4.78, 5) is 36.8. The number of carbonyl (C=O) groups is 3. The van der Waals surface area contributed by atoms with E-state index in [1.807, 2.05) is 0 Å². The predicted octanol–water partition coefficient (Wildman–Crippen LogP) is 2.20. The van der Waals surface area contributed by atoms with Gasteiger partial charge in [0, 0.05) is 13.0 Å². The first-order chi connectivity index (χ1) is 9.26. The van der Waals surface area contributed by atoms with E-state index in [4.69, 9.17) is 5.11 Å². The maximum absolute atomic E-state index is 12.3. The largest absolute Gasteiger partial charge is 0.481 e. The van der Waals surface area contributed by atoms with Gasteiger partial charge in [0.1, 0.15) is 0 Å². The lowest BCUT2D eigenvalue weighted by atomic mass is 9.71. The third-order valence-corrected chi connectivity index (χ3v) is 4.65. The highest BCUT2D eigenvalue weighted by Crippen LogP contribution is 2.42. The van der Waals surface area contributed by atoms with Gasteiger partial charge >= 0.3 is 5.97 Å². The monoisotopic (exact) mass is 281 g/mol. The van der Waals surface area contributed by atoms with Crippen LogP contribution >= 0.6 is 0 Å². The Labute approximate surface area is 119 Å². The summed E-state index contributed by atoms with van der Waals surface area (Å²) < 4.78 is 0. The number of hydrogen-bond donors (Lipinski definition) is 1. The molecule has 5 nitrogen and oxygen atoms in total. The molecule has 1 heterocycles. The van der Waals surface area contributed by atoms with Gasteiger partial charge in [0.05, 0.1) is 11.8 Å². The molecule has 0 bridgehead atoms. The topological polar surface area (TPSA) is 74.7 Å². The summed E-state index contributed by atoms with van der Waals surface area (Å²) in [6, 6.07) is 0. The second kappa shape index (κ2) is 5.19. The molecule has 1 saturated heterocycles. The molecule has 0 spiro atoms. The quantitative estimate of drug-likeness (QED) is 0.802. The third-order valence-electron chi connectivity index (χ3n) is 4.65. The van der Waals surface area contributed by atoms with Gasteiger partial charge in [-0.25, -0.2) is 0 Å². The van der Waals surface area contributed by atoms with Crippen LogP contribution in [0.1, 0.15) is 58.8 Å². The van der Waals surface area contributed by atoms with Gasteiger partial charge in [-0.3, -0.25) is 19.3 Å². The number of amides is 2. The number of imide groups is 1. The molecule has 5 heteroatoms. The zero-order valence-electron chi connectivity index (χ0n) is 12.3. The Bertz CT molecular complexity index is 435. The fraction of sp³-hybridized carbons (Fsp3) is 0.800. The van der Waals surface area contributed by atoms with Gasteiger partial charge in [-0.1, -0.05) is 33.1 Å². The second-order valence-corrected chi connectivity index (χ2v) is 6.98. The molecule has 0 aromatic rings. The first-order valence-electron chi connectivity index (χ1n) is 7.32. The van der Waals surface area contributed by atoms with Crippen LogP contribution in [0.15, 0.2) is 0 Å². The van der Waals surface area contributed by atoms with E-state index in [1.165, 1.54) is 4.90 Å². The van der Waals surface area contributed by atoms with Gasteiger partial charge in [-0.2, -0.15) is 0 Å². The number of carboxylic acids is 1. The maximum atomic E-state index is 12.3. The van der Waals surface area contributed by atoms with Crippen molar-refractivity contribution in [2.24, 2.45) is 10.8 Å². The molecule has 0 atom stereocenters. The van der Waals surface area contributed by atoms with Crippen LogP contribution in [0.2, 0.25) is 0 Å². The molecule has 2 amide bonds. The van der Waals surface area contributed by atoms with E-state index >= 15 is 0 Å². The van der Waals surface area contributed by atoms with Crippen molar-refractivity contribution < 1.29 is 19.5 Å². The van der Waals surface area contributed by atoms with Crippen molar-refractivity contribution in [3.05, 3.63) is 0 Å². The average Bonchev–Trinajstić information content (AvgIpc) is 2.52. The Morgan fingerprint density at radius 3 is 2.25 bits per heavy atom. The van der Waals surface area contributed by atoms with Gasteiger partial charge in [0.25, 0.3) is 0 Å². The van der Waals surface area contributed by atoms with Crippen LogP contribution < -0.4 is 0 Å². The predicted molar refractivity (Wildman–Crippen MR) is 72.9 cm³/mol. The Hall–Kier alpha value is -1.39. The molecule has 0 unspecified atom stereocenters. The maximum Gasteiger partial charge on any atom is 0.303 e. The summed E-state index contributed by atoms with van der Waals surface area (Å²) in [5.41, 5.74) is -1.06. The van der Waals surface area contributed by atoms with Crippen molar-refractivity contribution in [3.63, 3.8) is 0 Å². The first-order valence-corrected chi connectivity index (χ1v) is 7.32. The number of hydrogen-bond acceptors (Lipinski definition) is 3. The number of likely N-dealkylation sites (tertiary alicyclic amines) is 1. The van der Waals surface area contributed by atoms with Gasteiger partial charge in [-0.15, -0.1) is 0 Å². The van der Waals surface area contributed by atoms with Crippen LogP contribution in [-0.2, 0) is 14.4 Å². The summed E-state index contributed by atoms with van der Waals surface area (Å²) in [7, 11) is 0. The van der Waals surface area contributed by atoms with E-state index in [-0.39, 0.29) is 31.2 Å². The van der Waals surface area contributed by atoms with E-state index in [0.717, 1.165) is 32.1 Å². The van der Waals surface area contributed by atoms with Crippen molar-refractivity contribution >= 4 is 17.8 Å². The van der Waals surface area contributed by atoms with Crippen molar-refractivity contribution in [2.45, 2.75) is 58.8 Å². The molecule has 1 aliphatic carbocycles. The Kier molecular flexibility index (Phi) is 3.89. The first kappa shape index (κ1) is 15.0. The van der Waals surface area contributed by atoms with E-state index in [9.17, 15) is 14.4 Å². The van der Waals surface area contributed by atoms with E-state index in [1.54, 1.807) is 13.8 Å². The molecule has 112 valence electrons. The van der Waals surface area contributed by atoms with Crippen molar-refractivity contribution in [1.29, 1.82) is 0 Å². The van der Waals surface area contributed by atoms with Crippen molar-refractivity contribution in [1.82, 2.24) is 4.90 Å².